The van der Waals surface area contributed by atoms with Crippen molar-refractivity contribution >= 4 is 0 Å². The number of fused-ring (bicyclic) bond motifs is 4. The fourth-order valence-corrected chi connectivity index (χ4v) is 5.32. The highest BCUT2D eigenvalue weighted by atomic mass is 14.4. The molecule has 4 bridgehead atoms. The van der Waals surface area contributed by atoms with Gasteiger partial charge in [-0.1, -0.05) is 48.6 Å². The summed E-state index contributed by atoms with van der Waals surface area (Å²) in [7, 11) is 0. The third kappa shape index (κ3) is 1.60. The second kappa shape index (κ2) is 4.10. The van der Waals surface area contributed by atoms with Crippen LogP contribution in [0.5, 0.6) is 0 Å². The van der Waals surface area contributed by atoms with Gasteiger partial charge in [0.15, 0.2) is 0 Å². The molecule has 0 saturated heterocycles. The monoisotopic (exact) mass is 262 g/mol. The van der Waals surface area contributed by atoms with Gasteiger partial charge < -0.3 is 0 Å². The summed E-state index contributed by atoms with van der Waals surface area (Å²) < 4.78 is 0. The zero-order chi connectivity index (χ0) is 13.1. The van der Waals surface area contributed by atoms with Gasteiger partial charge in [0.05, 0.1) is 0 Å². The molecule has 0 spiro atoms. The van der Waals surface area contributed by atoms with Gasteiger partial charge in [-0.05, 0) is 72.3 Å². The highest BCUT2D eigenvalue weighted by molar-refractivity contribution is 5.34. The molecular weight excluding hydrogens is 240 g/mol. The first-order chi connectivity index (χ1) is 9.87. The van der Waals surface area contributed by atoms with Crippen molar-refractivity contribution in [3.05, 3.63) is 59.7 Å². The second-order valence-electron chi connectivity index (χ2n) is 7.44. The molecule has 1 aromatic carbocycles. The molecule has 0 aliphatic heterocycles. The topological polar surface area (TPSA) is 0 Å². The molecule has 6 atom stereocenters. The van der Waals surface area contributed by atoms with Gasteiger partial charge in [-0.25, -0.2) is 0 Å². The maximum Gasteiger partial charge on any atom is -0.00932 e. The van der Waals surface area contributed by atoms with Crippen LogP contribution >= 0.6 is 0 Å². The summed E-state index contributed by atoms with van der Waals surface area (Å²) in [5, 5.41) is 0. The Morgan fingerprint density at radius 2 is 1.00 bits per heavy atom. The van der Waals surface area contributed by atoms with E-state index in [9.17, 15) is 0 Å². The fourth-order valence-electron chi connectivity index (χ4n) is 5.32. The fraction of sp³-hybridized carbons (Fsp3) is 0.500. The van der Waals surface area contributed by atoms with Crippen molar-refractivity contribution in [2.24, 2.45) is 23.7 Å². The number of hydrogen-bond donors (Lipinski definition) is 0. The number of hydrogen-bond acceptors (Lipinski definition) is 0. The second-order valence-corrected chi connectivity index (χ2v) is 7.44. The maximum atomic E-state index is 2.47. The molecule has 0 radical (unpaired) electrons. The summed E-state index contributed by atoms with van der Waals surface area (Å²) in [5.74, 6) is 5.02. The molecule has 1 aromatic rings. The van der Waals surface area contributed by atoms with E-state index < -0.39 is 0 Å². The highest BCUT2D eigenvalue weighted by Crippen LogP contribution is 2.50. The van der Waals surface area contributed by atoms with Gasteiger partial charge in [0.2, 0.25) is 0 Å². The Labute approximate surface area is 121 Å². The molecule has 5 rings (SSSR count). The number of benzene rings is 1. The average molecular weight is 262 g/mol. The van der Waals surface area contributed by atoms with Gasteiger partial charge in [0.25, 0.3) is 0 Å². The third-order valence-corrected chi connectivity index (χ3v) is 6.35. The maximum absolute atomic E-state index is 2.47. The minimum absolute atomic E-state index is 0.805. The smallest absolute Gasteiger partial charge is 0.00932 e. The molecule has 2 saturated carbocycles. The van der Waals surface area contributed by atoms with Gasteiger partial charge in [-0.2, -0.15) is 0 Å². The highest BCUT2D eigenvalue weighted by Gasteiger charge is 2.38. The van der Waals surface area contributed by atoms with Gasteiger partial charge in [0.1, 0.15) is 0 Å². The predicted octanol–water partition coefficient (Wildman–Crippen LogP) is 5.05. The van der Waals surface area contributed by atoms with Crippen LogP contribution in [0.15, 0.2) is 48.6 Å². The predicted molar refractivity (Wildman–Crippen MR) is 82.6 cm³/mol. The molecule has 0 nitrogen and oxygen atoms in total. The van der Waals surface area contributed by atoms with E-state index in [0.29, 0.717) is 0 Å². The molecule has 4 aliphatic rings. The van der Waals surface area contributed by atoms with Crippen LogP contribution in [-0.2, 0) is 0 Å². The van der Waals surface area contributed by atoms with Crippen LogP contribution in [0.25, 0.3) is 0 Å². The van der Waals surface area contributed by atoms with E-state index in [-0.39, 0.29) is 0 Å². The van der Waals surface area contributed by atoms with Crippen LogP contribution in [-0.4, -0.2) is 0 Å². The normalized spacial score (nSPS) is 43.8. The van der Waals surface area contributed by atoms with E-state index in [2.05, 4.69) is 48.6 Å². The van der Waals surface area contributed by atoms with Crippen LogP contribution < -0.4 is 0 Å². The first-order valence-electron chi connectivity index (χ1n) is 8.33. The average Bonchev–Trinajstić information content (AvgIpc) is 3.27. The Bertz CT molecular complexity index is 524. The zero-order valence-electron chi connectivity index (χ0n) is 11.9. The SMILES string of the molecule is C1=C[C@@H]2C[C@H]1C[C@@H]2c1ccc([C@@H]2C[C@H]3C=C[C@@H]2C3)cc1. The van der Waals surface area contributed by atoms with Crippen molar-refractivity contribution in [1.29, 1.82) is 0 Å². The minimum Gasteiger partial charge on any atom is -0.0851 e. The number of rotatable bonds is 2. The van der Waals surface area contributed by atoms with Crippen LogP contribution in [0.1, 0.15) is 48.6 Å². The lowest BCUT2D eigenvalue weighted by Crippen LogP contribution is -2.07. The molecule has 0 aromatic heterocycles. The zero-order valence-corrected chi connectivity index (χ0v) is 11.9. The van der Waals surface area contributed by atoms with E-state index in [1.54, 1.807) is 11.1 Å². The summed E-state index contributed by atoms with van der Waals surface area (Å²) >= 11 is 0. The van der Waals surface area contributed by atoms with E-state index in [1.165, 1.54) is 25.7 Å². The molecule has 0 unspecified atom stereocenters. The molecule has 0 amide bonds. The summed E-state index contributed by atoms with van der Waals surface area (Å²) in [5.41, 5.74) is 3.17. The Balaban J connectivity index is 1.39. The molecule has 4 aliphatic carbocycles. The van der Waals surface area contributed by atoms with Crippen LogP contribution in [0.4, 0.5) is 0 Å². The molecule has 0 N–H and O–H groups in total. The van der Waals surface area contributed by atoms with E-state index in [4.69, 9.17) is 0 Å². The molecule has 0 heteroatoms. The first-order valence-corrected chi connectivity index (χ1v) is 8.33. The molecule has 2 fully saturated rings. The molecule has 20 heavy (non-hydrogen) atoms. The van der Waals surface area contributed by atoms with Crippen molar-refractivity contribution in [2.45, 2.75) is 37.5 Å². The van der Waals surface area contributed by atoms with Gasteiger partial charge >= 0.3 is 0 Å². The summed E-state index contributed by atoms with van der Waals surface area (Å²) in [6.45, 7) is 0. The molecular formula is C20H22. The van der Waals surface area contributed by atoms with Crippen molar-refractivity contribution in [2.75, 3.05) is 0 Å². The van der Waals surface area contributed by atoms with Crippen molar-refractivity contribution in [3.8, 4) is 0 Å². The minimum atomic E-state index is 0.805. The lowest BCUT2D eigenvalue weighted by atomic mass is 9.83. The summed E-state index contributed by atoms with van der Waals surface area (Å²) in [4.78, 5) is 0. The summed E-state index contributed by atoms with van der Waals surface area (Å²) in [6.07, 6.45) is 15.4. The third-order valence-electron chi connectivity index (χ3n) is 6.35. The van der Waals surface area contributed by atoms with E-state index in [1.807, 2.05) is 0 Å². The Morgan fingerprint density at radius 3 is 1.30 bits per heavy atom. The Morgan fingerprint density at radius 1 is 0.550 bits per heavy atom. The molecule has 0 heterocycles. The lowest BCUT2D eigenvalue weighted by molar-refractivity contribution is 0.576. The van der Waals surface area contributed by atoms with Crippen LogP contribution in [0.3, 0.4) is 0 Å². The largest absolute Gasteiger partial charge is 0.0851 e. The first kappa shape index (κ1) is 11.4. The van der Waals surface area contributed by atoms with E-state index >= 15 is 0 Å². The Hall–Kier alpha value is -1.30. The standard InChI is InChI=1S/C20H22/c1-3-17-9-13(1)11-19(17)15-5-7-16(8-6-15)20-12-14-2-4-18(20)10-14/h1-8,13-14,17-20H,9-12H2/t13-,14-,17+,18+,19-,20+/m0/s1. The lowest BCUT2D eigenvalue weighted by Gasteiger charge is -2.21. The summed E-state index contributed by atoms with van der Waals surface area (Å²) in [6, 6.07) is 9.74. The van der Waals surface area contributed by atoms with E-state index in [0.717, 1.165) is 35.5 Å². The van der Waals surface area contributed by atoms with Crippen LogP contribution in [0.2, 0.25) is 0 Å². The molecule has 102 valence electrons. The Kier molecular flexibility index (Phi) is 2.33. The van der Waals surface area contributed by atoms with Gasteiger partial charge in [-0.3, -0.25) is 0 Å². The van der Waals surface area contributed by atoms with Crippen molar-refractivity contribution in [3.63, 3.8) is 0 Å². The van der Waals surface area contributed by atoms with Crippen LogP contribution in [0, 0.1) is 23.7 Å². The van der Waals surface area contributed by atoms with Crippen molar-refractivity contribution < 1.29 is 0 Å². The van der Waals surface area contributed by atoms with Gasteiger partial charge in [0, 0.05) is 0 Å². The van der Waals surface area contributed by atoms with Crippen molar-refractivity contribution in [1.82, 2.24) is 0 Å². The van der Waals surface area contributed by atoms with Gasteiger partial charge in [-0.15, -0.1) is 0 Å². The number of allylic oxidation sites excluding steroid dienone is 4. The quantitative estimate of drug-likeness (QED) is 0.655.